The van der Waals surface area contributed by atoms with Crippen molar-refractivity contribution in [1.29, 1.82) is 0 Å². The molecule has 0 atom stereocenters. The number of nitrogens with zero attached hydrogens (tertiary/aromatic N) is 5. The molecule has 3 aromatic rings. The average Bonchev–Trinajstić information content (AvgIpc) is 3.41. The van der Waals surface area contributed by atoms with Gasteiger partial charge in [0.25, 0.3) is 11.8 Å². The monoisotopic (exact) mass is 531 g/mol. The van der Waals surface area contributed by atoms with E-state index in [-0.39, 0.29) is 48.6 Å². The van der Waals surface area contributed by atoms with Gasteiger partial charge in [-0.05, 0) is 43.2 Å². The molecular formula is C26H25F4N5O3. The van der Waals surface area contributed by atoms with Crippen LogP contribution in [0, 0.1) is 11.7 Å². The minimum absolute atomic E-state index is 0.128. The predicted octanol–water partition coefficient (Wildman–Crippen LogP) is 4.87. The second-order valence-corrected chi connectivity index (χ2v) is 9.65. The molecule has 200 valence electrons. The van der Waals surface area contributed by atoms with E-state index in [9.17, 15) is 22.8 Å². The molecule has 3 heterocycles. The number of aromatic nitrogens is 3. The number of pyridine rings is 1. The van der Waals surface area contributed by atoms with Gasteiger partial charge in [-0.2, -0.15) is 8.78 Å². The molecule has 0 spiro atoms. The van der Waals surface area contributed by atoms with Crippen LogP contribution >= 0.6 is 0 Å². The Labute approximate surface area is 215 Å². The van der Waals surface area contributed by atoms with E-state index in [1.807, 2.05) is 0 Å². The lowest BCUT2D eigenvalue weighted by Crippen LogP contribution is -2.68. The second kappa shape index (κ2) is 10.5. The molecule has 0 radical (unpaired) electrons. The molecule has 2 aliphatic rings. The Kier molecular flexibility index (Phi) is 7.13. The maximum absolute atomic E-state index is 15.8. The molecule has 0 bridgehead atoms. The van der Waals surface area contributed by atoms with Crippen LogP contribution in [0.25, 0.3) is 11.5 Å². The summed E-state index contributed by atoms with van der Waals surface area (Å²) in [5.74, 6) is -2.75. The summed E-state index contributed by atoms with van der Waals surface area (Å²) < 4.78 is 60.2. The first-order valence-corrected chi connectivity index (χ1v) is 12.4. The number of amides is 2. The molecule has 0 unspecified atom stereocenters. The highest BCUT2D eigenvalue weighted by Gasteiger charge is 2.54. The van der Waals surface area contributed by atoms with Crippen molar-refractivity contribution in [3.63, 3.8) is 0 Å². The number of alkyl halides is 3. The zero-order valence-corrected chi connectivity index (χ0v) is 20.3. The minimum atomic E-state index is -2.91. The first kappa shape index (κ1) is 25.8. The summed E-state index contributed by atoms with van der Waals surface area (Å²) in [4.78, 5) is 32.9. The van der Waals surface area contributed by atoms with E-state index in [0.29, 0.717) is 5.69 Å². The summed E-state index contributed by atoms with van der Waals surface area (Å²) in [5.41, 5.74) is -1.59. The van der Waals surface area contributed by atoms with E-state index >= 15 is 4.39 Å². The van der Waals surface area contributed by atoms with Gasteiger partial charge >= 0.3 is 6.43 Å². The predicted molar refractivity (Wildman–Crippen MR) is 127 cm³/mol. The molecular weight excluding hydrogens is 506 g/mol. The van der Waals surface area contributed by atoms with E-state index < -0.39 is 29.7 Å². The highest BCUT2D eigenvalue weighted by atomic mass is 19.3. The quantitative estimate of drug-likeness (QED) is 0.404. The summed E-state index contributed by atoms with van der Waals surface area (Å²) in [6.45, 7) is -0.914. The average molecular weight is 532 g/mol. The third-order valence-electron chi connectivity index (χ3n) is 6.92. The third kappa shape index (κ3) is 5.25. The van der Waals surface area contributed by atoms with Crippen LogP contribution in [0.5, 0.6) is 0 Å². The van der Waals surface area contributed by atoms with Crippen LogP contribution in [0.3, 0.4) is 0 Å². The van der Waals surface area contributed by atoms with Crippen molar-refractivity contribution in [3.8, 4) is 11.5 Å². The Balaban J connectivity index is 1.33. The molecule has 2 aromatic heterocycles. The van der Waals surface area contributed by atoms with Gasteiger partial charge < -0.3 is 14.2 Å². The van der Waals surface area contributed by atoms with Gasteiger partial charge in [0.1, 0.15) is 5.82 Å². The molecule has 5 rings (SSSR count). The van der Waals surface area contributed by atoms with E-state index in [2.05, 4.69) is 15.2 Å². The Morgan fingerprint density at radius 2 is 1.87 bits per heavy atom. The van der Waals surface area contributed by atoms with Crippen LogP contribution < -0.4 is 4.90 Å². The maximum Gasteiger partial charge on any atom is 0.314 e. The Morgan fingerprint density at radius 1 is 1.11 bits per heavy atom. The minimum Gasteiger partial charge on any atom is -0.415 e. The van der Waals surface area contributed by atoms with Crippen molar-refractivity contribution in [2.45, 2.75) is 50.7 Å². The number of anilines is 1. The van der Waals surface area contributed by atoms with Crippen LogP contribution in [-0.4, -0.2) is 50.7 Å². The summed E-state index contributed by atoms with van der Waals surface area (Å²) in [7, 11) is 0. The number of rotatable bonds is 7. The SMILES string of the molecule is O=C(C1CCCCC1)N1CC(F)(C(=O)N(Cc2ccc(-c3nnc(C(F)F)o3)cn2)c2cccc(F)c2)C1. The molecule has 1 aliphatic carbocycles. The zero-order valence-electron chi connectivity index (χ0n) is 20.3. The molecule has 2 amide bonds. The first-order chi connectivity index (χ1) is 18.2. The third-order valence-corrected chi connectivity index (χ3v) is 6.92. The van der Waals surface area contributed by atoms with Gasteiger partial charge in [0.2, 0.25) is 17.5 Å². The van der Waals surface area contributed by atoms with Gasteiger partial charge in [-0.3, -0.25) is 14.6 Å². The van der Waals surface area contributed by atoms with E-state index in [0.717, 1.165) is 43.1 Å². The smallest absolute Gasteiger partial charge is 0.314 e. The van der Waals surface area contributed by atoms with Crippen LogP contribution in [0.15, 0.2) is 47.0 Å². The molecule has 1 saturated heterocycles. The van der Waals surface area contributed by atoms with E-state index in [4.69, 9.17) is 4.42 Å². The van der Waals surface area contributed by atoms with Crippen LogP contribution in [0.2, 0.25) is 0 Å². The fourth-order valence-electron chi connectivity index (χ4n) is 4.87. The topological polar surface area (TPSA) is 92.4 Å². The van der Waals surface area contributed by atoms with Gasteiger partial charge in [-0.15, -0.1) is 10.2 Å². The second-order valence-electron chi connectivity index (χ2n) is 9.65. The number of hydrogen-bond acceptors (Lipinski definition) is 6. The molecule has 8 nitrogen and oxygen atoms in total. The molecule has 12 heteroatoms. The number of benzene rings is 1. The number of hydrogen-bond donors (Lipinski definition) is 0. The first-order valence-electron chi connectivity index (χ1n) is 12.4. The molecule has 1 aliphatic heterocycles. The molecule has 1 saturated carbocycles. The Bertz CT molecular complexity index is 1300. The number of halogens is 4. The molecule has 1 aromatic carbocycles. The van der Waals surface area contributed by atoms with Gasteiger partial charge in [0.15, 0.2) is 0 Å². The standard InChI is InChI=1S/C26H25F4N5O3/c27-18-7-4-8-20(11-18)35(13-19-10-9-17(12-31-19)22-32-33-23(38-22)21(28)29)25(37)26(30)14-34(15-26)24(36)16-5-2-1-3-6-16/h4,7-12,16,21H,1-3,5-6,13-15H2. The lowest BCUT2D eigenvalue weighted by atomic mass is 9.85. The van der Waals surface area contributed by atoms with E-state index in [1.54, 1.807) is 0 Å². The van der Waals surface area contributed by atoms with Crippen molar-refractivity contribution in [2.24, 2.45) is 5.92 Å². The summed E-state index contributed by atoms with van der Waals surface area (Å²) in [6, 6.07) is 8.18. The maximum atomic E-state index is 15.8. The van der Waals surface area contributed by atoms with Crippen molar-refractivity contribution >= 4 is 17.5 Å². The Morgan fingerprint density at radius 3 is 2.50 bits per heavy atom. The highest BCUT2D eigenvalue weighted by Crippen LogP contribution is 2.34. The fraction of sp³-hybridized carbons (Fsp3) is 0.423. The largest absolute Gasteiger partial charge is 0.415 e. The summed E-state index contributed by atoms with van der Waals surface area (Å²) >= 11 is 0. The lowest BCUT2D eigenvalue weighted by molar-refractivity contribution is -0.158. The molecule has 0 N–H and O–H groups in total. The Hall–Kier alpha value is -3.83. The number of carbonyl (C=O) groups excluding carboxylic acids is 2. The van der Waals surface area contributed by atoms with Crippen molar-refractivity contribution in [1.82, 2.24) is 20.1 Å². The normalized spacial score (nSPS) is 17.3. The van der Waals surface area contributed by atoms with E-state index in [1.165, 1.54) is 41.4 Å². The summed E-state index contributed by atoms with van der Waals surface area (Å²) in [6.07, 6.45) is 2.93. The zero-order chi connectivity index (χ0) is 26.9. The van der Waals surface area contributed by atoms with Crippen LogP contribution in [-0.2, 0) is 16.1 Å². The molecule has 2 fully saturated rings. The van der Waals surface area contributed by atoms with Crippen molar-refractivity contribution in [2.75, 3.05) is 18.0 Å². The molecule has 38 heavy (non-hydrogen) atoms. The van der Waals surface area contributed by atoms with Crippen LogP contribution in [0.4, 0.5) is 23.2 Å². The lowest BCUT2D eigenvalue weighted by Gasteiger charge is -2.46. The van der Waals surface area contributed by atoms with Crippen molar-refractivity contribution < 1.29 is 31.6 Å². The summed E-state index contributed by atoms with van der Waals surface area (Å²) in [5, 5.41) is 6.84. The van der Waals surface area contributed by atoms with Crippen LogP contribution in [0.1, 0.15) is 50.1 Å². The fourth-order valence-corrected chi connectivity index (χ4v) is 4.87. The van der Waals surface area contributed by atoms with Gasteiger partial charge in [0.05, 0.1) is 30.9 Å². The van der Waals surface area contributed by atoms with Gasteiger partial charge in [-0.25, -0.2) is 8.78 Å². The van der Waals surface area contributed by atoms with Crippen molar-refractivity contribution in [3.05, 3.63) is 60.0 Å². The van der Waals surface area contributed by atoms with Gasteiger partial charge in [0, 0.05) is 17.8 Å². The van der Waals surface area contributed by atoms with Gasteiger partial charge in [-0.1, -0.05) is 25.3 Å². The number of likely N-dealkylation sites (tertiary alicyclic amines) is 1. The highest BCUT2D eigenvalue weighted by molar-refractivity contribution is 6.01. The number of carbonyl (C=O) groups is 2.